The number of hydrogen-bond donors (Lipinski definition) is 3. The van der Waals surface area contributed by atoms with Crippen molar-refractivity contribution in [2.24, 2.45) is 29.2 Å². The topological polar surface area (TPSA) is 168 Å². The Balaban J connectivity index is 1.69. The minimum Gasteiger partial charge on any atom is -0.453 e. The van der Waals surface area contributed by atoms with Crippen molar-refractivity contribution in [3.8, 4) is 0 Å². The average molecular weight is 721 g/mol. The molecule has 2 aromatic carbocycles. The largest absolute Gasteiger partial charge is 0.453 e. The second-order valence-electron chi connectivity index (χ2n) is 14.4. The average Bonchev–Trinajstić information content (AvgIpc) is 3.15. The number of Topliss-reactive ketones (excluding diaryl/α,β-unsaturated/α-hetero) is 1. The van der Waals surface area contributed by atoms with Gasteiger partial charge in [-0.05, 0) is 55.7 Å². The first kappa shape index (κ1) is 42.1. The summed E-state index contributed by atoms with van der Waals surface area (Å²) in [7, 11) is 3.06. The number of carbonyl (C=O) groups is 5. The number of amides is 4. The zero-order valence-electron chi connectivity index (χ0n) is 31.7. The van der Waals surface area contributed by atoms with Gasteiger partial charge in [-0.1, -0.05) is 81.4 Å². The van der Waals surface area contributed by atoms with E-state index in [9.17, 15) is 24.0 Å². The molecule has 1 heterocycles. The van der Waals surface area contributed by atoms with Crippen molar-refractivity contribution in [1.82, 2.24) is 20.0 Å². The molecule has 1 fully saturated rings. The molecule has 0 bridgehead atoms. The van der Waals surface area contributed by atoms with Gasteiger partial charge in [-0.15, -0.1) is 0 Å². The number of methoxy groups -OCH3 is 1. The molecule has 1 unspecified atom stereocenters. The molecule has 0 spiro atoms. The predicted molar refractivity (Wildman–Crippen MR) is 202 cm³/mol. The number of likely N-dealkylation sites (N-methyl/N-ethyl adjacent to an activating group) is 1. The lowest BCUT2D eigenvalue weighted by molar-refractivity contribution is -0.140. The third-order valence-corrected chi connectivity index (χ3v) is 9.96. The van der Waals surface area contributed by atoms with Crippen LogP contribution in [-0.2, 0) is 30.3 Å². The van der Waals surface area contributed by atoms with E-state index in [0.29, 0.717) is 58.3 Å². The lowest BCUT2D eigenvalue weighted by atomic mass is 9.90. The third kappa shape index (κ3) is 12.4. The molecule has 4 atom stereocenters. The Hall–Kier alpha value is -4.29. The molecule has 1 aliphatic rings. The summed E-state index contributed by atoms with van der Waals surface area (Å²) in [6.45, 7) is 7.81. The molecule has 1 saturated heterocycles. The summed E-state index contributed by atoms with van der Waals surface area (Å²) in [4.78, 5) is 72.5. The van der Waals surface area contributed by atoms with Crippen LogP contribution in [-0.4, -0.2) is 103 Å². The van der Waals surface area contributed by atoms with Gasteiger partial charge in [0.25, 0.3) is 0 Å². The summed E-state index contributed by atoms with van der Waals surface area (Å²) in [6.07, 6.45) is 2.10. The van der Waals surface area contributed by atoms with Crippen LogP contribution in [0.15, 0.2) is 60.7 Å². The van der Waals surface area contributed by atoms with E-state index >= 15 is 0 Å². The molecule has 5 N–H and O–H groups in total. The Bertz CT molecular complexity index is 1430. The number of nitrogens with one attached hydrogen (secondary N) is 1. The minimum atomic E-state index is -0.808. The molecule has 12 heteroatoms. The standard InChI is InChI=1S/C40H60N6O6/c1-28(2)23-34(36(47)24-29(3)39(50)45-21-17-33(18-22-45)46(20-12-19-41)40(51)52-5)43-38(49)32(25-30-13-8-6-9-14-30)26-37(48)44(4)35(27-42)31-15-10-7-11-16-31/h6-11,13-16,28-29,32-35H,12,17-27,41-42H2,1-5H3,(H,43,49)/t29-,32-,34+,35?/m0/s1. The van der Waals surface area contributed by atoms with Gasteiger partial charge < -0.3 is 36.2 Å². The van der Waals surface area contributed by atoms with Crippen LogP contribution in [0.2, 0.25) is 0 Å². The van der Waals surface area contributed by atoms with Gasteiger partial charge in [0.2, 0.25) is 17.7 Å². The molecule has 52 heavy (non-hydrogen) atoms. The molecule has 3 rings (SSSR count). The highest BCUT2D eigenvalue weighted by Crippen LogP contribution is 2.24. The van der Waals surface area contributed by atoms with E-state index < -0.39 is 24.0 Å². The Kier molecular flexibility index (Phi) is 17.2. The number of ether oxygens (including phenoxy) is 1. The number of nitrogens with zero attached hydrogens (tertiary/aromatic N) is 3. The number of rotatable bonds is 19. The van der Waals surface area contributed by atoms with Crippen molar-refractivity contribution in [3.05, 3.63) is 71.8 Å². The molecule has 0 aliphatic carbocycles. The fourth-order valence-electron chi connectivity index (χ4n) is 6.95. The van der Waals surface area contributed by atoms with Gasteiger partial charge in [0.15, 0.2) is 5.78 Å². The minimum absolute atomic E-state index is 0.0263. The molecule has 4 amide bonds. The summed E-state index contributed by atoms with van der Waals surface area (Å²) in [5.74, 6) is -2.18. The normalized spacial score (nSPS) is 15.7. The van der Waals surface area contributed by atoms with Gasteiger partial charge in [0.05, 0.1) is 25.1 Å². The number of carbonyl (C=O) groups excluding carboxylic acids is 5. The van der Waals surface area contributed by atoms with Crippen LogP contribution in [0.25, 0.3) is 0 Å². The Morgan fingerprint density at radius 3 is 2.10 bits per heavy atom. The molecule has 1 aliphatic heterocycles. The van der Waals surface area contributed by atoms with Crippen LogP contribution in [0.1, 0.15) is 76.5 Å². The molecule has 0 radical (unpaired) electrons. The van der Waals surface area contributed by atoms with Crippen molar-refractivity contribution >= 4 is 29.6 Å². The highest BCUT2D eigenvalue weighted by atomic mass is 16.5. The fourth-order valence-corrected chi connectivity index (χ4v) is 6.95. The van der Waals surface area contributed by atoms with Crippen LogP contribution in [0.5, 0.6) is 0 Å². The predicted octanol–water partition coefficient (Wildman–Crippen LogP) is 3.93. The Morgan fingerprint density at radius 1 is 0.923 bits per heavy atom. The second kappa shape index (κ2) is 21.3. The number of ketones is 1. The SMILES string of the molecule is COC(=O)N(CCCN)C1CCN(C(=O)[C@@H](C)CC(=O)[C@@H](CC(C)C)NC(=O)[C@H](CC(=O)N(C)C(CN)c2ccccc2)Cc2ccccc2)CC1. The van der Waals surface area contributed by atoms with Crippen molar-refractivity contribution in [3.63, 3.8) is 0 Å². The van der Waals surface area contributed by atoms with E-state index in [1.807, 2.05) is 74.5 Å². The highest BCUT2D eigenvalue weighted by molar-refractivity contribution is 5.94. The van der Waals surface area contributed by atoms with Crippen molar-refractivity contribution in [1.29, 1.82) is 0 Å². The first-order valence-electron chi connectivity index (χ1n) is 18.6. The zero-order chi connectivity index (χ0) is 38.2. The van der Waals surface area contributed by atoms with Gasteiger partial charge in [-0.3, -0.25) is 19.2 Å². The van der Waals surface area contributed by atoms with Gasteiger partial charge in [-0.25, -0.2) is 4.79 Å². The van der Waals surface area contributed by atoms with Crippen LogP contribution in [0.3, 0.4) is 0 Å². The number of piperidine rings is 1. The van der Waals surface area contributed by atoms with Gasteiger partial charge in [0, 0.05) is 58.0 Å². The van der Waals surface area contributed by atoms with E-state index in [0.717, 1.165) is 11.1 Å². The molecule has 0 aromatic heterocycles. The summed E-state index contributed by atoms with van der Waals surface area (Å²) < 4.78 is 4.98. The molecule has 12 nitrogen and oxygen atoms in total. The summed E-state index contributed by atoms with van der Waals surface area (Å²) in [5.41, 5.74) is 13.6. The Labute approximate surface area is 309 Å². The van der Waals surface area contributed by atoms with Crippen molar-refractivity contribution in [2.75, 3.05) is 46.9 Å². The van der Waals surface area contributed by atoms with Crippen LogP contribution < -0.4 is 16.8 Å². The third-order valence-electron chi connectivity index (χ3n) is 9.96. The van der Waals surface area contributed by atoms with E-state index in [2.05, 4.69) is 5.32 Å². The lowest BCUT2D eigenvalue weighted by Gasteiger charge is -2.38. The molecule has 0 saturated carbocycles. The number of hydrogen-bond acceptors (Lipinski definition) is 8. The smallest absolute Gasteiger partial charge is 0.409 e. The van der Waals surface area contributed by atoms with Gasteiger partial charge in [0.1, 0.15) is 0 Å². The summed E-state index contributed by atoms with van der Waals surface area (Å²) >= 11 is 0. The number of likely N-dealkylation sites (tertiary alicyclic amines) is 1. The monoisotopic (exact) mass is 720 g/mol. The number of nitrogens with two attached hydrogens (primary N) is 2. The summed E-state index contributed by atoms with van der Waals surface area (Å²) in [5, 5.41) is 3.00. The van der Waals surface area contributed by atoms with E-state index in [1.54, 1.807) is 28.7 Å². The highest BCUT2D eigenvalue weighted by Gasteiger charge is 2.34. The fraction of sp³-hybridized carbons (Fsp3) is 0.575. The molecule has 2 aromatic rings. The van der Waals surface area contributed by atoms with Gasteiger partial charge in [-0.2, -0.15) is 0 Å². The van der Waals surface area contributed by atoms with Crippen LogP contribution >= 0.6 is 0 Å². The van der Waals surface area contributed by atoms with E-state index in [1.165, 1.54) is 7.11 Å². The first-order valence-corrected chi connectivity index (χ1v) is 18.6. The second-order valence-corrected chi connectivity index (χ2v) is 14.4. The maximum absolute atomic E-state index is 14.0. The molecular weight excluding hydrogens is 660 g/mol. The maximum Gasteiger partial charge on any atom is 0.409 e. The lowest BCUT2D eigenvalue weighted by Crippen LogP contribution is -2.50. The van der Waals surface area contributed by atoms with Crippen LogP contribution in [0, 0.1) is 17.8 Å². The molecule has 286 valence electrons. The number of benzene rings is 2. The van der Waals surface area contributed by atoms with Crippen molar-refractivity contribution in [2.45, 2.75) is 83.8 Å². The van der Waals surface area contributed by atoms with E-state index in [-0.39, 0.29) is 60.9 Å². The quantitative estimate of drug-likeness (QED) is 0.196. The summed E-state index contributed by atoms with van der Waals surface area (Å²) in [6, 6.07) is 17.8. The van der Waals surface area contributed by atoms with Crippen molar-refractivity contribution < 1.29 is 28.7 Å². The van der Waals surface area contributed by atoms with E-state index in [4.69, 9.17) is 16.2 Å². The van der Waals surface area contributed by atoms with Gasteiger partial charge >= 0.3 is 6.09 Å². The Morgan fingerprint density at radius 2 is 1.54 bits per heavy atom. The van der Waals surface area contributed by atoms with Crippen LogP contribution in [0.4, 0.5) is 4.79 Å². The zero-order valence-corrected chi connectivity index (χ0v) is 31.7. The molecular formula is C40H60N6O6. The maximum atomic E-state index is 14.0. The first-order chi connectivity index (χ1) is 24.9.